The zero-order chi connectivity index (χ0) is 16.2. The number of fused-ring (bicyclic) bond motifs is 5. The molecule has 0 amide bonds. The monoisotopic (exact) mass is 316 g/mol. The zero-order valence-corrected chi connectivity index (χ0v) is 14.2. The van der Waals surface area contributed by atoms with Gasteiger partial charge in [-0.1, -0.05) is 13.0 Å². The van der Waals surface area contributed by atoms with Crippen molar-refractivity contribution < 1.29 is 14.9 Å². The standard InChI is InChI=1S/C20H28O3/c1-3-20-11-17(21)19-14-7-5-13(23-2)10-12(14)4-6-15(19)16(20)8-9-18(20)22/h5,7,10,15-19,21-22H,3-4,6,8-9,11H2,1-2H3/t15-,16-,17+,18-,19+,20-/m0/s1. The van der Waals surface area contributed by atoms with Crippen LogP contribution in [0.4, 0.5) is 0 Å². The topological polar surface area (TPSA) is 49.7 Å². The molecule has 2 fully saturated rings. The Hall–Kier alpha value is -1.06. The number of benzene rings is 1. The highest BCUT2D eigenvalue weighted by atomic mass is 16.5. The number of ether oxygens (including phenoxy) is 1. The second kappa shape index (κ2) is 5.49. The molecule has 0 bridgehead atoms. The van der Waals surface area contributed by atoms with Crippen molar-refractivity contribution in [3.05, 3.63) is 29.3 Å². The Kier molecular flexibility index (Phi) is 3.69. The Morgan fingerprint density at radius 2 is 2.04 bits per heavy atom. The van der Waals surface area contributed by atoms with Gasteiger partial charge in [0.05, 0.1) is 19.3 Å². The van der Waals surface area contributed by atoms with E-state index in [-0.39, 0.29) is 23.5 Å². The molecule has 0 heterocycles. The van der Waals surface area contributed by atoms with E-state index in [1.165, 1.54) is 11.1 Å². The van der Waals surface area contributed by atoms with Crippen LogP contribution in [0.25, 0.3) is 0 Å². The third kappa shape index (κ3) is 2.09. The summed E-state index contributed by atoms with van der Waals surface area (Å²) < 4.78 is 5.36. The normalized spacial score (nSPS) is 41.8. The fraction of sp³-hybridized carbons (Fsp3) is 0.700. The first-order chi connectivity index (χ1) is 11.1. The van der Waals surface area contributed by atoms with Gasteiger partial charge < -0.3 is 14.9 Å². The van der Waals surface area contributed by atoms with Crippen molar-refractivity contribution in [1.29, 1.82) is 0 Å². The first-order valence-electron chi connectivity index (χ1n) is 9.13. The van der Waals surface area contributed by atoms with Crippen LogP contribution in [-0.2, 0) is 6.42 Å². The summed E-state index contributed by atoms with van der Waals surface area (Å²) in [6.45, 7) is 2.19. The van der Waals surface area contributed by atoms with Gasteiger partial charge in [-0.3, -0.25) is 0 Å². The molecule has 3 nitrogen and oxygen atoms in total. The molecule has 0 aliphatic heterocycles. The summed E-state index contributed by atoms with van der Waals surface area (Å²) in [7, 11) is 1.71. The van der Waals surface area contributed by atoms with Crippen molar-refractivity contribution in [3.8, 4) is 5.75 Å². The van der Waals surface area contributed by atoms with Gasteiger partial charge in [0.1, 0.15) is 5.75 Å². The highest BCUT2D eigenvalue weighted by molar-refractivity contribution is 5.41. The van der Waals surface area contributed by atoms with Gasteiger partial charge in [0.2, 0.25) is 0 Å². The minimum absolute atomic E-state index is 0.0510. The van der Waals surface area contributed by atoms with Crippen LogP contribution in [0.1, 0.15) is 56.1 Å². The van der Waals surface area contributed by atoms with Crippen molar-refractivity contribution in [2.45, 2.75) is 63.6 Å². The minimum atomic E-state index is -0.337. The number of hydrogen-bond donors (Lipinski definition) is 2. The molecule has 3 aliphatic carbocycles. The van der Waals surface area contributed by atoms with Gasteiger partial charge >= 0.3 is 0 Å². The average Bonchev–Trinajstić information content (AvgIpc) is 2.91. The molecule has 3 aliphatic rings. The van der Waals surface area contributed by atoms with Gasteiger partial charge in [0.25, 0.3) is 0 Å². The van der Waals surface area contributed by atoms with Crippen molar-refractivity contribution in [3.63, 3.8) is 0 Å². The molecule has 0 unspecified atom stereocenters. The van der Waals surface area contributed by atoms with E-state index in [4.69, 9.17) is 4.74 Å². The summed E-state index contributed by atoms with van der Waals surface area (Å²) in [6, 6.07) is 6.33. The first kappa shape index (κ1) is 15.5. The van der Waals surface area contributed by atoms with E-state index < -0.39 is 0 Å². The molecule has 23 heavy (non-hydrogen) atoms. The summed E-state index contributed by atoms with van der Waals surface area (Å²) in [6.07, 6.45) is 5.38. The van der Waals surface area contributed by atoms with Crippen LogP contribution < -0.4 is 4.74 Å². The molecule has 0 saturated heterocycles. The van der Waals surface area contributed by atoms with Gasteiger partial charge in [-0.15, -0.1) is 0 Å². The van der Waals surface area contributed by atoms with E-state index in [2.05, 4.69) is 19.1 Å². The molecule has 4 rings (SSSR count). The lowest BCUT2D eigenvalue weighted by Crippen LogP contribution is -2.51. The lowest BCUT2D eigenvalue weighted by atomic mass is 9.53. The SMILES string of the molecule is CC[C@]12C[C@@H](O)[C@@H]3c4ccc(OC)cc4CC[C@H]3[C@@H]1CC[C@@H]2O. The van der Waals surface area contributed by atoms with E-state index in [0.29, 0.717) is 11.8 Å². The molecule has 0 aromatic heterocycles. The van der Waals surface area contributed by atoms with Gasteiger partial charge in [0, 0.05) is 11.3 Å². The van der Waals surface area contributed by atoms with E-state index in [1.54, 1.807) is 7.11 Å². The van der Waals surface area contributed by atoms with Crippen LogP contribution in [0.2, 0.25) is 0 Å². The summed E-state index contributed by atoms with van der Waals surface area (Å²) in [4.78, 5) is 0. The van der Waals surface area contributed by atoms with Crippen LogP contribution >= 0.6 is 0 Å². The van der Waals surface area contributed by atoms with Crippen LogP contribution in [0.15, 0.2) is 18.2 Å². The number of aliphatic hydroxyl groups excluding tert-OH is 2. The Morgan fingerprint density at radius 3 is 2.78 bits per heavy atom. The van der Waals surface area contributed by atoms with Crippen LogP contribution in [0.3, 0.4) is 0 Å². The largest absolute Gasteiger partial charge is 0.497 e. The number of methoxy groups -OCH3 is 1. The zero-order valence-electron chi connectivity index (χ0n) is 14.2. The first-order valence-corrected chi connectivity index (χ1v) is 9.13. The van der Waals surface area contributed by atoms with Crippen molar-refractivity contribution >= 4 is 0 Å². The molecule has 126 valence electrons. The van der Waals surface area contributed by atoms with E-state index in [1.807, 2.05) is 6.07 Å². The maximum Gasteiger partial charge on any atom is 0.119 e. The van der Waals surface area contributed by atoms with Crippen molar-refractivity contribution in [2.24, 2.45) is 17.3 Å². The van der Waals surface area contributed by atoms with Gasteiger partial charge in [-0.25, -0.2) is 0 Å². The van der Waals surface area contributed by atoms with Crippen molar-refractivity contribution in [1.82, 2.24) is 0 Å². The fourth-order valence-electron chi connectivity index (χ4n) is 6.17. The van der Waals surface area contributed by atoms with Gasteiger partial charge in [-0.2, -0.15) is 0 Å². The maximum absolute atomic E-state index is 11.0. The summed E-state index contributed by atoms with van der Waals surface area (Å²) in [5, 5.41) is 21.6. The third-order valence-electron chi connectivity index (χ3n) is 7.25. The molecule has 0 radical (unpaired) electrons. The summed E-state index contributed by atoms with van der Waals surface area (Å²) in [5.41, 5.74) is 2.61. The molecule has 2 N–H and O–H groups in total. The Bertz CT molecular complexity index is 599. The molecular weight excluding hydrogens is 288 g/mol. The Labute approximate surface area is 138 Å². The number of hydrogen-bond acceptors (Lipinski definition) is 3. The Balaban J connectivity index is 1.74. The highest BCUT2D eigenvalue weighted by Crippen LogP contribution is 2.62. The van der Waals surface area contributed by atoms with Gasteiger partial charge in [-0.05, 0) is 73.6 Å². The lowest BCUT2D eigenvalue weighted by Gasteiger charge is -2.53. The van der Waals surface area contributed by atoms with E-state index in [0.717, 1.165) is 44.3 Å². The third-order valence-corrected chi connectivity index (χ3v) is 7.25. The highest BCUT2D eigenvalue weighted by Gasteiger charge is 2.58. The second-order valence-corrected chi connectivity index (χ2v) is 7.85. The average molecular weight is 316 g/mol. The van der Waals surface area contributed by atoms with E-state index >= 15 is 0 Å². The predicted molar refractivity (Wildman–Crippen MR) is 89.6 cm³/mol. The minimum Gasteiger partial charge on any atom is -0.497 e. The van der Waals surface area contributed by atoms with Crippen molar-refractivity contribution in [2.75, 3.05) is 7.11 Å². The number of rotatable bonds is 2. The molecule has 0 spiro atoms. The van der Waals surface area contributed by atoms with E-state index in [9.17, 15) is 10.2 Å². The molecule has 2 saturated carbocycles. The Morgan fingerprint density at radius 1 is 1.22 bits per heavy atom. The molecular formula is C20H28O3. The maximum atomic E-state index is 11.0. The molecule has 1 aromatic carbocycles. The molecule has 6 atom stereocenters. The smallest absolute Gasteiger partial charge is 0.119 e. The fourth-order valence-corrected chi connectivity index (χ4v) is 6.17. The van der Waals surface area contributed by atoms with Gasteiger partial charge in [0.15, 0.2) is 0 Å². The summed E-state index contributed by atoms with van der Waals surface area (Å²) in [5.74, 6) is 2.22. The quantitative estimate of drug-likeness (QED) is 0.880. The van der Waals surface area contributed by atoms with Crippen LogP contribution in [0, 0.1) is 17.3 Å². The molecule has 1 aromatic rings. The van der Waals surface area contributed by atoms with Crippen LogP contribution in [0.5, 0.6) is 5.75 Å². The second-order valence-electron chi connectivity index (χ2n) is 7.85. The number of aliphatic hydroxyl groups is 2. The number of aryl methyl sites for hydroxylation is 1. The predicted octanol–water partition coefficient (Wildman–Crippen LogP) is 3.27. The lowest BCUT2D eigenvalue weighted by molar-refractivity contribution is -0.0922. The summed E-state index contributed by atoms with van der Waals surface area (Å²) >= 11 is 0. The molecule has 3 heteroatoms. The van der Waals surface area contributed by atoms with Crippen LogP contribution in [-0.4, -0.2) is 29.5 Å².